The van der Waals surface area contributed by atoms with Gasteiger partial charge in [0, 0.05) is 12.1 Å². The molecule has 0 aliphatic carbocycles. The van der Waals surface area contributed by atoms with Crippen molar-refractivity contribution in [1.82, 2.24) is 14.7 Å². The van der Waals surface area contributed by atoms with Gasteiger partial charge in [-0.05, 0) is 55.2 Å². The normalized spacial score (nSPS) is 12.7. The molecule has 0 radical (unpaired) electrons. The zero-order chi connectivity index (χ0) is 18.1. The van der Waals surface area contributed by atoms with Gasteiger partial charge in [0.15, 0.2) is 11.5 Å². The van der Waals surface area contributed by atoms with E-state index in [1.807, 2.05) is 36.2 Å². The molecule has 0 saturated heterocycles. The summed E-state index contributed by atoms with van der Waals surface area (Å²) in [7, 11) is 1.90. The van der Waals surface area contributed by atoms with Crippen molar-refractivity contribution in [1.29, 1.82) is 0 Å². The maximum Gasteiger partial charge on any atom is 0.288 e. The van der Waals surface area contributed by atoms with Crippen LogP contribution in [0.3, 0.4) is 0 Å². The minimum atomic E-state index is -0.251. The Morgan fingerprint density at radius 3 is 2.88 bits per heavy atom. The predicted octanol–water partition coefficient (Wildman–Crippen LogP) is 3.83. The number of hydrogen-bond donors (Lipinski definition) is 0. The van der Waals surface area contributed by atoms with E-state index in [4.69, 9.17) is 26.1 Å². The van der Waals surface area contributed by atoms with E-state index >= 15 is 0 Å². The van der Waals surface area contributed by atoms with Crippen LogP contribution in [0.2, 0.25) is 0 Å². The second-order valence-electron chi connectivity index (χ2n) is 6.03. The molecule has 0 atom stereocenters. The number of halogens is 1. The van der Waals surface area contributed by atoms with E-state index in [-0.39, 0.29) is 17.4 Å². The molecular weight excluding hydrogens is 357 g/mol. The quantitative estimate of drug-likeness (QED) is 0.634. The summed E-state index contributed by atoms with van der Waals surface area (Å²) in [6, 6.07) is 12.0. The summed E-state index contributed by atoms with van der Waals surface area (Å²) in [6.07, 6.45) is 0. The van der Waals surface area contributed by atoms with E-state index in [1.165, 1.54) is 12.1 Å². The Balaban J connectivity index is 1.50. The highest BCUT2D eigenvalue weighted by Crippen LogP contribution is 2.35. The van der Waals surface area contributed by atoms with Crippen molar-refractivity contribution in [2.45, 2.75) is 13.2 Å². The van der Waals surface area contributed by atoms with E-state index in [0.29, 0.717) is 30.6 Å². The Morgan fingerprint density at radius 1 is 1.19 bits per heavy atom. The van der Waals surface area contributed by atoms with Crippen molar-refractivity contribution in [2.24, 2.45) is 0 Å². The van der Waals surface area contributed by atoms with Crippen molar-refractivity contribution < 1.29 is 18.3 Å². The fourth-order valence-electron chi connectivity index (χ4n) is 2.77. The van der Waals surface area contributed by atoms with Gasteiger partial charge in [-0.2, -0.15) is 0 Å². The number of nitrogens with zero attached hydrogens (tertiary/aromatic N) is 3. The van der Waals surface area contributed by atoms with Gasteiger partial charge in [-0.15, -0.1) is 5.10 Å². The zero-order valence-electron chi connectivity index (χ0n) is 14.0. The van der Waals surface area contributed by atoms with Crippen LogP contribution in [0.25, 0.3) is 11.5 Å². The fourth-order valence-corrected chi connectivity index (χ4v) is 2.95. The number of ether oxygens (including phenoxy) is 2. The topological polar surface area (TPSA) is 52.7 Å². The molecule has 134 valence electrons. The van der Waals surface area contributed by atoms with Gasteiger partial charge in [0.25, 0.3) is 4.84 Å². The van der Waals surface area contributed by atoms with Gasteiger partial charge >= 0.3 is 0 Å². The van der Waals surface area contributed by atoms with Crippen LogP contribution >= 0.6 is 12.2 Å². The van der Waals surface area contributed by atoms with Gasteiger partial charge in [-0.1, -0.05) is 12.1 Å². The molecule has 8 heteroatoms. The molecule has 1 aliphatic heterocycles. The Kier molecular flexibility index (Phi) is 4.44. The number of benzene rings is 2. The molecule has 0 unspecified atom stereocenters. The summed E-state index contributed by atoms with van der Waals surface area (Å²) in [5.74, 6) is 1.51. The molecule has 0 N–H and O–H groups in total. The first-order valence-corrected chi connectivity index (χ1v) is 8.40. The lowest BCUT2D eigenvalue weighted by molar-refractivity contribution is 0.174. The molecule has 4 rings (SSSR count). The van der Waals surface area contributed by atoms with E-state index in [2.05, 4.69) is 5.10 Å². The van der Waals surface area contributed by atoms with Gasteiger partial charge < -0.3 is 13.9 Å². The molecule has 1 aromatic heterocycles. The molecular formula is C18H16FN3O3S. The van der Waals surface area contributed by atoms with Crippen molar-refractivity contribution in [3.63, 3.8) is 0 Å². The van der Waals surface area contributed by atoms with E-state index < -0.39 is 0 Å². The molecule has 0 bridgehead atoms. The summed E-state index contributed by atoms with van der Waals surface area (Å²) >= 11 is 5.27. The lowest BCUT2D eigenvalue weighted by atomic mass is 10.2. The maximum absolute atomic E-state index is 13.3. The van der Waals surface area contributed by atoms with Crippen LogP contribution < -0.4 is 9.47 Å². The number of fused-ring (bicyclic) bond motifs is 1. The standard InChI is InChI=1S/C18H16FN3O3S/c1-21(9-12-3-2-4-14(19)7-12)10-22-18(26)25-17(20-22)13-5-6-15-16(8-13)24-11-23-15/h2-8H,9-11H2,1H3. The molecule has 3 aromatic rings. The third-order valence-corrected chi connectivity index (χ3v) is 4.24. The Hall–Kier alpha value is -2.71. The molecule has 0 spiro atoms. The number of rotatable bonds is 5. The van der Waals surface area contributed by atoms with Gasteiger partial charge in [0.2, 0.25) is 12.7 Å². The van der Waals surface area contributed by atoms with E-state index in [0.717, 1.165) is 11.1 Å². The molecule has 0 amide bonds. The highest BCUT2D eigenvalue weighted by Gasteiger charge is 2.17. The van der Waals surface area contributed by atoms with Crippen LogP contribution in [0, 0.1) is 10.7 Å². The third-order valence-electron chi connectivity index (χ3n) is 3.94. The van der Waals surface area contributed by atoms with Crippen molar-refractivity contribution in [3.05, 3.63) is 58.7 Å². The minimum absolute atomic E-state index is 0.210. The largest absolute Gasteiger partial charge is 0.454 e. The summed E-state index contributed by atoms with van der Waals surface area (Å²) in [6.45, 7) is 1.19. The second-order valence-corrected chi connectivity index (χ2v) is 6.38. The Bertz CT molecular complexity index is 1000. The molecule has 26 heavy (non-hydrogen) atoms. The molecule has 1 aliphatic rings. The van der Waals surface area contributed by atoms with Crippen molar-refractivity contribution in [3.8, 4) is 23.0 Å². The van der Waals surface area contributed by atoms with Crippen molar-refractivity contribution in [2.75, 3.05) is 13.8 Å². The average Bonchev–Trinajstić information content (AvgIpc) is 3.21. The van der Waals surface area contributed by atoms with E-state index in [1.54, 1.807) is 10.7 Å². The number of aromatic nitrogens is 2. The summed E-state index contributed by atoms with van der Waals surface area (Å²) < 4.78 is 31.2. The van der Waals surface area contributed by atoms with Crippen LogP contribution in [-0.2, 0) is 13.2 Å². The van der Waals surface area contributed by atoms with Crippen LogP contribution in [0.1, 0.15) is 5.56 Å². The maximum atomic E-state index is 13.3. The van der Waals surface area contributed by atoms with Crippen molar-refractivity contribution >= 4 is 12.2 Å². The Morgan fingerprint density at radius 2 is 2.04 bits per heavy atom. The van der Waals surface area contributed by atoms with Gasteiger partial charge in [-0.25, -0.2) is 9.07 Å². The van der Waals surface area contributed by atoms with Crippen LogP contribution in [0.4, 0.5) is 4.39 Å². The number of hydrogen-bond acceptors (Lipinski definition) is 6. The monoisotopic (exact) mass is 373 g/mol. The fraction of sp³-hybridized carbons (Fsp3) is 0.222. The molecule has 0 saturated carbocycles. The summed E-state index contributed by atoms with van der Waals surface area (Å²) in [5, 5.41) is 4.44. The first kappa shape index (κ1) is 16.7. The van der Waals surface area contributed by atoms with Crippen LogP contribution in [0.5, 0.6) is 11.5 Å². The van der Waals surface area contributed by atoms with Gasteiger partial charge in [0.1, 0.15) is 5.82 Å². The highest BCUT2D eigenvalue weighted by atomic mass is 32.1. The smallest absolute Gasteiger partial charge is 0.288 e. The average molecular weight is 373 g/mol. The SMILES string of the molecule is CN(Cc1cccc(F)c1)Cn1nc(-c2ccc3c(c2)OCO3)oc1=S. The predicted molar refractivity (Wildman–Crippen MR) is 94.8 cm³/mol. The summed E-state index contributed by atoms with van der Waals surface area (Å²) in [4.78, 5) is 2.24. The zero-order valence-corrected chi connectivity index (χ0v) is 14.8. The molecule has 0 fully saturated rings. The lowest BCUT2D eigenvalue weighted by Crippen LogP contribution is -2.22. The second kappa shape index (κ2) is 6.89. The minimum Gasteiger partial charge on any atom is -0.454 e. The van der Waals surface area contributed by atoms with E-state index in [9.17, 15) is 4.39 Å². The molecule has 2 aromatic carbocycles. The van der Waals surface area contributed by atoms with Gasteiger partial charge in [0.05, 0.1) is 6.67 Å². The highest BCUT2D eigenvalue weighted by molar-refractivity contribution is 7.71. The molecule has 2 heterocycles. The first-order chi connectivity index (χ1) is 12.6. The Labute approximate surface area is 154 Å². The van der Waals surface area contributed by atoms with Crippen LogP contribution in [-0.4, -0.2) is 28.5 Å². The third kappa shape index (κ3) is 3.47. The summed E-state index contributed by atoms with van der Waals surface area (Å²) in [5.41, 5.74) is 1.63. The first-order valence-electron chi connectivity index (χ1n) is 7.99. The van der Waals surface area contributed by atoms with Gasteiger partial charge in [-0.3, -0.25) is 4.90 Å². The molecule has 6 nitrogen and oxygen atoms in total. The lowest BCUT2D eigenvalue weighted by Gasteiger charge is -2.15. The van der Waals surface area contributed by atoms with Crippen LogP contribution in [0.15, 0.2) is 46.9 Å².